The number of hydrogen-bond donors (Lipinski definition) is 1. The Balaban J connectivity index is 0.00000324. The molecule has 1 N–H and O–H groups in total. The maximum Gasteiger partial charge on any atom is 0.304 e. The molecule has 0 saturated carbocycles. The van der Waals surface area contributed by atoms with Gasteiger partial charge in [0.05, 0.1) is 13.0 Å². The Bertz CT molecular complexity index is 385. The molecule has 108 valence electrons. The molecule has 0 radical (unpaired) electrons. The molecular formula is C14H22ClNO3. The van der Waals surface area contributed by atoms with Crippen LogP contribution in [-0.2, 0) is 4.79 Å². The van der Waals surface area contributed by atoms with Gasteiger partial charge in [0.25, 0.3) is 0 Å². The molecule has 0 aliphatic heterocycles. The lowest BCUT2D eigenvalue weighted by Gasteiger charge is -2.15. The predicted octanol–water partition coefficient (Wildman–Crippen LogP) is 2.59. The molecule has 1 rings (SSSR count). The zero-order valence-electron chi connectivity index (χ0n) is 11.5. The van der Waals surface area contributed by atoms with Crippen molar-refractivity contribution in [2.24, 2.45) is 0 Å². The van der Waals surface area contributed by atoms with E-state index < -0.39 is 5.97 Å². The maximum atomic E-state index is 10.4. The average Bonchev–Trinajstić information content (AvgIpc) is 2.32. The zero-order chi connectivity index (χ0) is 13.4. The van der Waals surface area contributed by atoms with E-state index in [0.29, 0.717) is 13.2 Å². The first-order valence-electron chi connectivity index (χ1n) is 6.18. The number of hydrogen-bond acceptors (Lipinski definition) is 3. The first kappa shape index (κ1) is 17.7. The number of ether oxygens (including phenoxy) is 1. The molecule has 0 unspecified atom stereocenters. The predicted molar refractivity (Wildman–Crippen MR) is 78.3 cm³/mol. The third-order valence-corrected chi connectivity index (χ3v) is 2.65. The first-order valence-corrected chi connectivity index (χ1v) is 6.18. The van der Waals surface area contributed by atoms with Gasteiger partial charge in [-0.2, -0.15) is 0 Å². The molecule has 1 aromatic carbocycles. The van der Waals surface area contributed by atoms with Crippen LogP contribution in [0, 0.1) is 6.92 Å². The number of aliphatic carboxylic acids is 1. The second-order valence-electron chi connectivity index (χ2n) is 4.47. The van der Waals surface area contributed by atoms with Gasteiger partial charge in [0.15, 0.2) is 0 Å². The SMILES string of the molecule is Cc1cccc(OCCCN(C)CCC(=O)O)c1.Cl. The van der Waals surface area contributed by atoms with Crippen LogP contribution in [0.25, 0.3) is 0 Å². The van der Waals surface area contributed by atoms with Crippen molar-refractivity contribution in [3.8, 4) is 5.75 Å². The van der Waals surface area contributed by atoms with Gasteiger partial charge < -0.3 is 14.7 Å². The lowest BCUT2D eigenvalue weighted by Crippen LogP contribution is -2.24. The summed E-state index contributed by atoms with van der Waals surface area (Å²) in [7, 11) is 1.93. The summed E-state index contributed by atoms with van der Waals surface area (Å²) in [4.78, 5) is 12.4. The number of carboxylic acid groups (broad SMARTS) is 1. The summed E-state index contributed by atoms with van der Waals surface area (Å²) in [5, 5.41) is 8.56. The molecule has 0 fully saturated rings. The number of rotatable bonds is 8. The van der Waals surface area contributed by atoms with Crippen molar-refractivity contribution in [3.63, 3.8) is 0 Å². The van der Waals surface area contributed by atoms with E-state index in [1.807, 2.05) is 43.1 Å². The average molecular weight is 288 g/mol. The molecule has 0 aliphatic carbocycles. The molecule has 4 nitrogen and oxygen atoms in total. The normalized spacial score (nSPS) is 10.1. The second kappa shape index (κ2) is 9.64. The highest BCUT2D eigenvalue weighted by atomic mass is 35.5. The standard InChI is InChI=1S/C14H21NO3.ClH/c1-12-5-3-6-13(11-12)18-10-4-8-15(2)9-7-14(16)17;/h3,5-6,11H,4,7-10H2,1-2H3,(H,16,17);1H. The fourth-order valence-electron chi connectivity index (χ4n) is 1.63. The van der Waals surface area contributed by atoms with E-state index >= 15 is 0 Å². The topological polar surface area (TPSA) is 49.8 Å². The van der Waals surface area contributed by atoms with E-state index in [2.05, 4.69) is 0 Å². The van der Waals surface area contributed by atoms with Gasteiger partial charge in [0.1, 0.15) is 5.75 Å². The van der Waals surface area contributed by atoms with E-state index in [-0.39, 0.29) is 18.8 Å². The van der Waals surface area contributed by atoms with Gasteiger partial charge in [-0.1, -0.05) is 12.1 Å². The fraction of sp³-hybridized carbons (Fsp3) is 0.500. The number of aryl methyl sites for hydroxylation is 1. The minimum absolute atomic E-state index is 0. The van der Waals surface area contributed by atoms with E-state index in [0.717, 1.165) is 18.7 Å². The minimum atomic E-state index is -0.752. The van der Waals surface area contributed by atoms with Crippen molar-refractivity contribution in [2.75, 3.05) is 26.7 Å². The van der Waals surface area contributed by atoms with E-state index in [1.165, 1.54) is 5.56 Å². The quantitative estimate of drug-likeness (QED) is 0.747. The Morgan fingerprint density at radius 1 is 1.37 bits per heavy atom. The minimum Gasteiger partial charge on any atom is -0.494 e. The van der Waals surface area contributed by atoms with Crippen molar-refractivity contribution in [3.05, 3.63) is 29.8 Å². The summed E-state index contributed by atoms with van der Waals surface area (Å²) in [6, 6.07) is 7.96. The monoisotopic (exact) mass is 287 g/mol. The van der Waals surface area contributed by atoms with Gasteiger partial charge in [0, 0.05) is 13.1 Å². The summed E-state index contributed by atoms with van der Waals surface area (Å²) in [6.45, 7) is 4.12. The molecule has 0 atom stereocenters. The highest BCUT2D eigenvalue weighted by molar-refractivity contribution is 5.85. The molecule has 0 saturated heterocycles. The third-order valence-electron chi connectivity index (χ3n) is 2.65. The zero-order valence-corrected chi connectivity index (χ0v) is 12.3. The van der Waals surface area contributed by atoms with E-state index in [4.69, 9.17) is 9.84 Å². The van der Waals surface area contributed by atoms with Crippen LogP contribution in [0.1, 0.15) is 18.4 Å². The molecular weight excluding hydrogens is 266 g/mol. The molecule has 0 bridgehead atoms. The molecule has 1 aromatic rings. The molecule has 5 heteroatoms. The van der Waals surface area contributed by atoms with Crippen molar-refractivity contribution in [1.82, 2.24) is 4.90 Å². The van der Waals surface area contributed by atoms with Crippen LogP contribution in [0.3, 0.4) is 0 Å². The van der Waals surface area contributed by atoms with Gasteiger partial charge in [-0.05, 0) is 38.1 Å². The number of halogens is 1. The van der Waals surface area contributed by atoms with E-state index in [9.17, 15) is 4.79 Å². The highest BCUT2D eigenvalue weighted by Gasteiger charge is 2.02. The molecule has 0 aliphatic rings. The third kappa shape index (κ3) is 8.46. The molecule has 0 heterocycles. The van der Waals surface area contributed by atoms with Crippen molar-refractivity contribution in [1.29, 1.82) is 0 Å². The van der Waals surface area contributed by atoms with Crippen molar-refractivity contribution in [2.45, 2.75) is 19.8 Å². The van der Waals surface area contributed by atoms with Crippen molar-refractivity contribution >= 4 is 18.4 Å². The van der Waals surface area contributed by atoms with Gasteiger partial charge >= 0.3 is 5.97 Å². The molecule has 0 spiro atoms. The smallest absolute Gasteiger partial charge is 0.304 e. The Kier molecular flexibility index (Phi) is 9.00. The van der Waals surface area contributed by atoms with Crippen LogP contribution in [0.4, 0.5) is 0 Å². The lowest BCUT2D eigenvalue weighted by molar-refractivity contribution is -0.137. The van der Waals surface area contributed by atoms with Crippen LogP contribution in [0.5, 0.6) is 5.75 Å². The second-order valence-corrected chi connectivity index (χ2v) is 4.47. The lowest BCUT2D eigenvalue weighted by atomic mass is 10.2. The number of nitrogens with zero attached hydrogens (tertiary/aromatic N) is 1. The maximum absolute atomic E-state index is 10.4. The van der Waals surface area contributed by atoms with Crippen LogP contribution < -0.4 is 4.74 Å². The van der Waals surface area contributed by atoms with Gasteiger partial charge in [0.2, 0.25) is 0 Å². The summed E-state index contributed by atoms with van der Waals surface area (Å²) in [5.74, 6) is 0.140. The van der Waals surface area contributed by atoms with Gasteiger partial charge in [-0.3, -0.25) is 4.79 Å². The van der Waals surface area contributed by atoms with Crippen LogP contribution in [0.2, 0.25) is 0 Å². The Morgan fingerprint density at radius 3 is 2.74 bits per heavy atom. The largest absolute Gasteiger partial charge is 0.494 e. The van der Waals surface area contributed by atoms with Gasteiger partial charge in [-0.15, -0.1) is 12.4 Å². The van der Waals surface area contributed by atoms with E-state index in [1.54, 1.807) is 0 Å². The summed E-state index contributed by atoms with van der Waals surface area (Å²) in [5.41, 5.74) is 1.19. The number of carboxylic acids is 1. The highest BCUT2D eigenvalue weighted by Crippen LogP contribution is 2.12. The van der Waals surface area contributed by atoms with Crippen LogP contribution in [-0.4, -0.2) is 42.7 Å². The first-order chi connectivity index (χ1) is 8.58. The Morgan fingerprint density at radius 2 is 2.11 bits per heavy atom. The van der Waals surface area contributed by atoms with Crippen LogP contribution >= 0.6 is 12.4 Å². The van der Waals surface area contributed by atoms with Gasteiger partial charge in [-0.25, -0.2) is 0 Å². The number of benzene rings is 1. The number of carbonyl (C=O) groups is 1. The van der Waals surface area contributed by atoms with Crippen molar-refractivity contribution < 1.29 is 14.6 Å². The van der Waals surface area contributed by atoms with Crippen LogP contribution in [0.15, 0.2) is 24.3 Å². The summed E-state index contributed by atoms with van der Waals surface area (Å²) >= 11 is 0. The molecule has 19 heavy (non-hydrogen) atoms. The fourth-order valence-corrected chi connectivity index (χ4v) is 1.63. The summed E-state index contributed by atoms with van der Waals surface area (Å²) < 4.78 is 5.62. The summed E-state index contributed by atoms with van der Waals surface area (Å²) in [6.07, 6.45) is 1.08. The Hall–Kier alpha value is -1.26. The molecule has 0 amide bonds. The molecule has 0 aromatic heterocycles. The Labute approximate surface area is 120 Å².